The molecule has 2 saturated heterocycles. The molecule has 33 heavy (non-hydrogen) atoms. The Morgan fingerprint density at radius 2 is 1.82 bits per heavy atom. The van der Waals surface area contributed by atoms with E-state index in [0.29, 0.717) is 39.1 Å². The van der Waals surface area contributed by atoms with Gasteiger partial charge in [0.15, 0.2) is 0 Å². The first-order valence-corrected chi connectivity index (χ1v) is 13.6. The first-order chi connectivity index (χ1) is 16.0. The number of hydrogen-bond acceptors (Lipinski definition) is 6. The van der Waals surface area contributed by atoms with Crippen LogP contribution in [0.1, 0.15) is 35.9 Å². The van der Waals surface area contributed by atoms with Gasteiger partial charge in [0.05, 0.1) is 34.4 Å². The molecule has 1 atom stereocenters. The molecule has 0 unspecified atom stereocenters. The number of thiazole rings is 1. The van der Waals surface area contributed by atoms with Gasteiger partial charge in [0.2, 0.25) is 15.9 Å². The molecule has 2 aliphatic rings. The molecular formula is C24H27N3O4S2. The summed E-state index contributed by atoms with van der Waals surface area (Å²) in [7, 11) is -3.50. The van der Waals surface area contributed by atoms with Crippen LogP contribution in [0, 0.1) is 0 Å². The van der Waals surface area contributed by atoms with E-state index in [2.05, 4.69) is 6.07 Å². The fraction of sp³-hybridized carbons (Fsp3) is 0.417. The number of aryl methyl sites for hydroxylation is 1. The monoisotopic (exact) mass is 485 g/mol. The molecule has 0 bridgehead atoms. The van der Waals surface area contributed by atoms with Gasteiger partial charge in [-0.05, 0) is 49.1 Å². The van der Waals surface area contributed by atoms with Crippen molar-refractivity contribution in [1.29, 1.82) is 0 Å². The minimum absolute atomic E-state index is 0.0518. The topological polar surface area (TPSA) is 79.8 Å². The van der Waals surface area contributed by atoms with Gasteiger partial charge in [0.25, 0.3) is 0 Å². The van der Waals surface area contributed by atoms with Gasteiger partial charge in [0.1, 0.15) is 5.01 Å². The summed E-state index contributed by atoms with van der Waals surface area (Å²) < 4.78 is 33.4. The third-order valence-corrected chi connectivity index (χ3v) is 9.38. The second-order valence-corrected chi connectivity index (χ2v) is 11.4. The maximum atomic E-state index is 13.0. The third kappa shape index (κ3) is 4.68. The zero-order valence-corrected chi connectivity index (χ0v) is 20.0. The third-order valence-electron chi connectivity index (χ3n) is 6.33. The highest BCUT2D eigenvalue weighted by atomic mass is 32.2. The number of hydrogen-bond donors (Lipinski definition) is 0. The molecule has 7 nitrogen and oxygen atoms in total. The molecule has 2 aliphatic heterocycles. The molecule has 0 aliphatic carbocycles. The van der Waals surface area contributed by atoms with Crippen LogP contribution in [0.25, 0.3) is 10.2 Å². The summed E-state index contributed by atoms with van der Waals surface area (Å²) in [5, 5.41) is 1.01. The Morgan fingerprint density at radius 3 is 2.58 bits per heavy atom. The zero-order valence-electron chi connectivity index (χ0n) is 18.4. The highest BCUT2D eigenvalue weighted by Crippen LogP contribution is 2.36. The Bertz CT molecular complexity index is 1200. The predicted molar refractivity (Wildman–Crippen MR) is 128 cm³/mol. The quantitative estimate of drug-likeness (QED) is 0.533. The lowest BCUT2D eigenvalue weighted by molar-refractivity contribution is -0.132. The van der Waals surface area contributed by atoms with Crippen LogP contribution in [0.4, 0.5) is 0 Å². The maximum absolute atomic E-state index is 13.0. The fourth-order valence-corrected chi connectivity index (χ4v) is 7.04. The van der Waals surface area contributed by atoms with Crippen LogP contribution in [-0.4, -0.2) is 61.4 Å². The number of ether oxygens (including phenoxy) is 1. The van der Waals surface area contributed by atoms with Crippen molar-refractivity contribution < 1.29 is 17.9 Å². The second-order valence-electron chi connectivity index (χ2n) is 8.43. The average molecular weight is 486 g/mol. The van der Waals surface area contributed by atoms with Crippen molar-refractivity contribution in [3.8, 4) is 0 Å². The smallest absolute Gasteiger partial charge is 0.243 e. The molecule has 1 amide bonds. The number of benzene rings is 2. The Hall–Kier alpha value is -2.33. The normalized spacial score (nSPS) is 19.9. The summed E-state index contributed by atoms with van der Waals surface area (Å²) in [6.45, 7) is 2.37. The number of carbonyl (C=O) groups excluding carboxylic acids is 1. The zero-order chi connectivity index (χ0) is 22.8. The minimum Gasteiger partial charge on any atom is -0.379 e. The van der Waals surface area contributed by atoms with Gasteiger partial charge in [-0.15, -0.1) is 11.3 Å². The van der Waals surface area contributed by atoms with E-state index in [9.17, 15) is 13.2 Å². The van der Waals surface area contributed by atoms with E-state index in [4.69, 9.17) is 9.72 Å². The van der Waals surface area contributed by atoms with E-state index in [1.165, 1.54) is 4.31 Å². The Labute approximate surface area is 198 Å². The molecule has 2 aromatic carbocycles. The second kappa shape index (κ2) is 9.50. The average Bonchev–Trinajstić information content (AvgIpc) is 3.50. The Kier molecular flexibility index (Phi) is 6.47. The standard InChI is InChI=1S/C24H27N3O4S2/c28-23(27-13-3-5-21(27)24-25-20-4-1-2-6-22(20)32-24)12-9-18-7-10-19(11-8-18)33(29,30)26-14-16-31-17-15-26/h1-2,4,6-8,10-11,21H,3,5,9,12-17H2/t21-/m1/s1. The van der Waals surface area contributed by atoms with E-state index in [1.54, 1.807) is 23.5 Å². The van der Waals surface area contributed by atoms with Gasteiger partial charge in [-0.3, -0.25) is 4.79 Å². The number of likely N-dealkylation sites (tertiary alicyclic amines) is 1. The number of fused-ring (bicyclic) bond motifs is 1. The van der Waals surface area contributed by atoms with Crippen LogP contribution < -0.4 is 0 Å². The molecule has 3 heterocycles. The van der Waals surface area contributed by atoms with Gasteiger partial charge in [-0.2, -0.15) is 4.31 Å². The summed E-state index contributed by atoms with van der Waals surface area (Å²) in [5.74, 6) is 0.127. The lowest BCUT2D eigenvalue weighted by Crippen LogP contribution is -2.40. The molecular weight excluding hydrogens is 458 g/mol. The number of morpholine rings is 1. The largest absolute Gasteiger partial charge is 0.379 e. The maximum Gasteiger partial charge on any atom is 0.243 e. The van der Waals surface area contributed by atoms with Gasteiger partial charge in [-0.25, -0.2) is 13.4 Å². The molecule has 2 fully saturated rings. The number of sulfonamides is 1. The van der Waals surface area contributed by atoms with Crippen molar-refractivity contribution in [3.05, 3.63) is 59.1 Å². The van der Waals surface area contributed by atoms with E-state index in [0.717, 1.165) is 40.2 Å². The molecule has 3 aromatic rings. The number of carbonyl (C=O) groups is 1. The molecule has 1 aromatic heterocycles. The van der Waals surface area contributed by atoms with Crippen molar-refractivity contribution in [2.45, 2.75) is 36.6 Å². The first kappa shape index (κ1) is 22.5. The van der Waals surface area contributed by atoms with Crippen LogP contribution in [0.3, 0.4) is 0 Å². The molecule has 5 rings (SSSR count). The van der Waals surface area contributed by atoms with Crippen LogP contribution >= 0.6 is 11.3 Å². The van der Waals surface area contributed by atoms with Gasteiger partial charge in [0, 0.05) is 26.1 Å². The van der Waals surface area contributed by atoms with Crippen LogP contribution in [0.2, 0.25) is 0 Å². The van der Waals surface area contributed by atoms with E-state index >= 15 is 0 Å². The number of aromatic nitrogens is 1. The number of rotatable bonds is 6. The van der Waals surface area contributed by atoms with Crippen molar-refractivity contribution in [2.24, 2.45) is 0 Å². The predicted octanol–water partition coefficient (Wildman–Crippen LogP) is 3.61. The van der Waals surface area contributed by atoms with Gasteiger partial charge in [-0.1, -0.05) is 24.3 Å². The molecule has 9 heteroatoms. The lowest BCUT2D eigenvalue weighted by Gasteiger charge is -2.26. The summed E-state index contributed by atoms with van der Waals surface area (Å²) in [6.07, 6.45) is 2.91. The highest BCUT2D eigenvalue weighted by Gasteiger charge is 2.32. The molecule has 0 spiro atoms. The number of amides is 1. The van der Waals surface area contributed by atoms with Gasteiger partial charge >= 0.3 is 0 Å². The van der Waals surface area contributed by atoms with Crippen molar-refractivity contribution in [3.63, 3.8) is 0 Å². The van der Waals surface area contributed by atoms with Crippen molar-refractivity contribution in [2.75, 3.05) is 32.8 Å². The van der Waals surface area contributed by atoms with Crippen molar-refractivity contribution >= 4 is 37.5 Å². The highest BCUT2D eigenvalue weighted by molar-refractivity contribution is 7.89. The van der Waals surface area contributed by atoms with E-state index in [-0.39, 0.29) is 16.8 Å². The van der Waals surface area contributed by atoms with Crippen LogP contribution in [0.15, 0.2) is 53.4 Å². The summed E-state index contributed by atoms with van der Waals surface area (Å²) in [5.41, 5.74) is 1.95. The molecule has 0 saturated carbocycles. The van der Waals surface area contributed by atoms with E-state index < -0.39 is 10.0 Å². The Balaban J connectivity index is 1.22. The minimum atomic E-state index is -3.50. The molecule has 0 radical (unpaired) electrons. The summed E-state index contributed by atoms with van der Waals surface area (Å²) in [6, 6.07) is 15.1. The van der Waals surface area contributed by atoms with Crippen molar-refractivity contribution in [1.82, 2.24) is 14.2 Å². The fourth-order valence-electron chi connectivity index (χ4n) is 4.51. The van der Waals surface area contributed by atoms with Gasteiger partial charge < -0.3 is 9.64 Å². The lowest BCUT2D eigenvalue weighted by atomic mass is 10.1. The summed E-state index contributed by atoms with van der Waals surface area (Å²) >= 11 is 1.67. The number of para-hydroxylation sites is 1. The molecule has 174 valence electrons. The first-order valence-electron chi connectivity index (χ1n) is 11.3. The number of nitrogens with zero attached hydrogens (tertiary/aromatic N) is 3. The summed E-state index contributed by atoms with van der Waals surface area (Å²) in [4.78, 5) is 20.1. The van der Waals surface area contributed by atoms with Crippen LogP contribution in [0.5, 0.6) is 0 Å². The Morgan fingerprint density at radius 1 is 1.06 bits per heavy atom. The SMILES string of the molecule is O=C(CCc1ccc(S(=O)(=O)N2CCOCC2)cc1)N1CCC[C@@H]1c1nc2ccccc2s1. The van der Waals surface area contributed by atoms with E-state index in [1.807, 2.05) is 35.2 Å². The molecule has 0 N–H and O–H groups in total. The van der Waals surface area contributed by atoms with Crippen LogP contribution in [-0.2, 0) is 26.0 Å².